The van der Waals surface area contributed by atoms with E-state index < -0.39 is 4.92 Å². The number of non-ortho nitro benzene ring substituents is 1. The van der Waals surface area contributed by atoms with Gasteiger partial charge >= 0.3 is 0 Å². The maximum Gasteiger partial charge on any atom is 0.269 e. The zero-order chi connectivity index (χ0) is 24.6. The molecule has 0 spiro atoms. The van der Waals surface area contributed by atoms with Gasteiger partial charge in [-0.05, 0) is 53.6 Å². The molecule has 1 amide bonds. The Bertz CT molecular complexity index is 1240. The van der Waals surface area contributed by atoms with Gasteiger partial charge in [0.15, 0.2) is 0 Å². The minimum atomic E-state index is -0.443. The van der Waals surface area contributed by atoms with Gasteiger partial charge in [0.05, 0.1) is 4.92 Å². The normalized spacial score (nSPS) is 13.7. The fraction of sp³-hybridized carbons (Fsp3) is 0.185. The molecule has 1 saturated heterocycles. The third-order valence-electron chi connectivity index (χ3n) is 5.78. The van der Waals surface area contributed by atoms with Crippen LogP contribution >= 0.6 is 0 Å². The molecule has 0 atom stereocenters. The van der Waals surface area contributed by atoms with Crippen LogP contribution in [-0.2, 0) is 11.4 Å². The van der Waals surface area contributed by atoms with Crippen molar-refractivity contribution in [1.29, 1.82) is 5.26 Å². The number of anilines is 1. The molecule has 1 aliphatic heterocycles. The van der Waals surface area contributed by atoms with Gasteiger partial charge in [-0.25, -0.2) is 0 Å². The summed E-state index contributed by atoms with van der Waals surface area (Å²) in [4.78, 5) is 27.2. The fourth-order valence-corrected chi connectivity index (χ4v) is 3.83. The molecule has 3 aromatic carbocycles. The molecular weight excluding hydrogens is 444 g/mol. The van der Waals surface area contributed by atoms with E-state index in [4.69, 9.17) is 4.74 Å². The lowest BCUT2D eigenvalue weighted by molar-refractivity contribution is -0.384. The Morgan fingerprint density at radius 2 is 1.63 bits per heavy atom. The minimum absolute atomic E-state index is 0.0332. The molecule has 0 aliphatic carbocycles. The monoisotopic (exact) mass is 468 g/mol. The van der Waals surface area contributed by atoms with Gasteiger partial charge in [0, 0.05) is 44.0 Å². The highest BCUT2D eigenvalue weighted by Crippen LogP contribution is 2.20. The average Bonchev–Trinajstić information content (AvgIpc) is 2.91. The van der Waals surface area contributed by atoms with Crippen molar-refractivity contribution in [3.05, 3.63) is 106 Å². The van der Waals surface area contributed by atoms with E-state index >= 15 is 0 Å². The number of amides is 1. The Balaban J connectivity index is 1.33. The van der Waals surface area contributed by atoms with E-state index in [-0.39, 0.29) is 23.8 Å². The van der Waals surface area contributed by atoms with Gasteiger partial charge in [0.1, 0.15) is 24.0 Å². The topological polar surface area (TPSA) is 99.7 Å². The summed E-state index contributed by atoms with van der Waals surface area (Å²) in [6, 6.07) is 25.4. The number of hydrogen-bond donors (Lipinski definition) is 0. The number of hydrogen-bond acceptors (Lipinski definition) is 6. The van der Waals surface area contributed by atoms with Crippen LogP contribution in [0.5, 0.6) is 5.75 Å². The van der Waals surface area contributed by atoms with Crippen molar-refractivity contribution in [3.8, 4) is 11.8 Å². The standard InChI is InChI=1S/C27H24N4O4/c28-19-23(27(32)30-16-14-29(15-17-30)24-4-2-1-3-5-24)18-21-8-12-26(13-9-21)35-20-22-6-10-25(11-7-22)31(33)34/h1-13,18H,14-17,20H2/b23-18-. The Labute approximate surface area is 203 Å². The first-order chi connectivity index (χ1) is 17.0. The molecule has 3 aromatic rings. The first-order valence-corrected chi connectivity index (χ1v) is 11.2. The van der Waals surface area contributed by atoms with Gasteiger partial charge in [-0.1, -0.05) is 30.3 Å². The maximum absolute atomic E-state index is 12.9. The van der Waals surface area contributed by atoms with E-state index in [1.54, 1.807) is 47.4 Å². The number of nitro groups is 1. The van der Waals surface area contributed by atoms with Crippen LogP contribution in [0.15, 0.2) is 84.4 Å². The molecule has 1 aliphatic rings. The van der Waals surface area contributed by atoms with E-state index in [0.717, 1.165) is 29.9 Å². The molecule has 0 radical (unpaired) electrons. The van der Waals surface area contributed by atoms with Crippen LogP contribution in [0.25, 0.3) is 6.08 Å². The molecule has 0 unspecified atom stereocenters. The van der Waals surface area contributed by atoms with Gasteiger partial charge in [0.25, 0.3) is 11.6 Å². The molecule has 0 aromatic heterocycles. The van der Waals surface area contributed by atoms with Crippen molar-refractivity contribution in [1.82, 2.24) is 4.90 Å². The number of carbonyl (C=O) groups is 1. The Morgan fingerprint density at radius 3 is 2.23 bits per heavy atom. The van der Waals surface area contributed by atoms with Gasteiger partial charge in [-0.3, -0.25) is 14.9 Å². The predicted molar refractivity (Wildman–Crippen MR) is 133 cm³/mol. The fourth-order valence-electron chi connectivity index (χ4n) is 3.83. The number of ether oxygens (including phenoxy) is 1. The highest BCUT2D eigenvalue weighted by atomic mass is 16.6. The van der Waals surface area contributed by atoms with Crippen LogP contribution in [0.2, 0.25) is 0 Å². The number of para-hydroxylation sites is 1. The van der Waals surface area contributed by atoms with Crippen LogP contribution in [0, 0.1) is 21.4 Å². The van der Waals surface area contributed by atoms with Crippen LogP contribution in [-0.4, -0.2) is 41.9 Å². The summed E-state index contributed by atoms with van der Waals surface area (Å²) in [7, 11) is 0. The molecular formula is C27H24N4O4. The Morgan fingerprint density at radius 1 is 0.971 bits per heavy atom. The van der Waals surface area contributed by atoms with E-state index in [0.29, 0.717) is 18.8 Å². The van der Waals surface area contributed by atoms with Crippen molar-refractivity contribution >= 4 is 23.4 Å². The molecule has 0 N–H and O–H groups in total. The minimum Gasteiger partial charge on any atom is -0.489 e. The molecule has 0 bridgehead atoms. The van der Waals surface area contributed by atoms with E-state index in [2.05, 4.69) is 17.0 Å². The van der Waals surface area contributed by atoms with E-state index in [1.807, 2.05) is 24.3 Å². The number of nitrogens with zero attached hydrogens (tertiary/aromatic N) is 4. The molecule has 176 valence electrons. The zero-order valence-electron chi connectivity index (χ0n) is 19.0. The van der Waals surface area contributed by atoms with Crippen molar-refractivity contribution in [2.24, 2.45) is 0 Å². The second-order valence-electron chi connectivity index (χ2n) is 8.07. The number of nitriles is 1. The molecule has 0 saturated carbocycles. The van der Waals surface area contributed by atoms with Crippen molar-refractivity contribution in [2.75, 3.05) is 31.1 Å². The van der Waals surface area contributed by atoms with Crippen LogP contribution < -0.4 is 9.64 Å². The highest BCUT2D eigenvalue weighted by Gasteiger charge is 2.23. The summed E-state index contributed by atoms with van der Waals surface area (Å²) in [5.74, 6) is 0.348. The summed E-state index contributed by atoms with van der Waals surface area (Å²) in [6.07, 6.45) is 1.59. The van der Waals surface area contributed by atoms with Gasteiger partial charge in [0.2, 0.25) is 0 Å². The zero-order valence-corrected chi connectivity index (χ0v) is 19.0. The van der Waals surface area contributed by atoms with Crippen molar-refractivity contribution < 1.29 is 14.5 Å². The molecule has 35 heavy (non-hydrogen) atoms. The van der Waals surface area contributed by atoms with Gasteiger partial charge in [-0.15, -0.1) is 0 Å². The molecule has 1 heterocycles. The third kappa shape index (κ3) is 6.03. The van der Waals surface area contributed by atoms with Gasteiger partial charge < -0.3 is 14.5 Å². The predicted octanol–water partition coefficient (Wildman–Crippen LogP) is 4.43. The Kier molecular flexibility index (Phi) is 7.38. The quantitative estimate of drug-likeness (QED) is 0.220. The average molecular weight is 469 g/mol. The van der Waals surface area contributed by atoms with Crippen LogP contribution in [0.1, 0.15) is 11.1 Å². The first-order valence-electron chi connectivity index (χ1n) is 11.2. The lowest BCUT2D eigenvalue weighted by Gasteiger charge is -2.36. The number of benzene rings is 3. The van der Waals surface area contributed by atoms with Crippen molar-refractivity contribution in [3.63, 3.8) is 0 Å². The summed E-state index contributed by atoms with van der Waals surface area (Å²) in [6.45, 7) is 2.82. The summed E-state index contributed by atoms with van der Waals surface area (Å²) < 4.78 is 5.73. The second-order valence-corrected chi connectivity index (χ2v) is 8.07. The summed E-state index contributed by atoms with van der Waals surface area (Å²) >= 11 is 0. The lowest BCUT2D eigenvalue weighted by atomic mass is 10.1. The number of rotatable bonds is 7. The molecule has 4 rings (SSSR count). The molecule has 8 heteroatoms. The van der Waals surface area contributed by atoms with E-state index in [1.165, 1.54) is 12.1 Å². The highest BCUT2D eigenvalue weighted by molar-refractivity contribution is 6.01. The second kappa shape index (κ2) is 11.0. The summed E-state index contributed by atoms with van der Waals surface area (Å²) in [5.41, 5.74) is 2.79. The van der Waals surface area contributed by atoms with E-state index in [9.17, 15) is 20.2 Å². The smallest absolute Gasteiger partial charge is 0.269 e. The molecule has 8 nitrogen and oxygen atoms in total. The van der Waals surface area contributed by atoms with Crippen LogP contribution in [0.4, 0.5) is 11.4 Å². The van der Waals surface area contributed by atoms with Crippen molar-refractivity contribution in [2.45, 2.75) is 6.61 Å². The Hall–Kier alpha value is -4.64. The summed E-state index contributed by atoms with van der Waals surface area (Å²) in [5, 5.41) is 20.3. The first kappa shape index (κ1) is 23.5. The third-order valence-corrected chi connectivity index (χ3v) is 5.78. The maximum atomic E-state index is 12.9. The SMILES string of the molecule is N#C/C(=C/c1ccc(OCc2ccc([N+](=O)[O-])cc2)cc1)C(=O)N1CCN(c2ccccc2)CC1. The van der Waals surface area contributed by atoms with Crippen LogP contribution in [0.3, 0.4) is 0 Å². The number of carbonyl (C=O) groups excluding carboxylic acids is 1. The van der Waals surface area contributed by atoms with Gasteiger partial charge in [-0.2, -0.15) is 5.26 Å². The number of nitro benzene ring substituents is 1. The molecule has 1 fully saturated rings. The lowest BCUT2D eigenvalue weighted by Crippen LogP contribution is -2.49. The largest absolute Gasteiger partial charge is 0.489 e. The number of piperazine rings is 1.